The highest BCUT2D eigenvalue weighted by molar-refractivity contribution is 5.98. The van der Waals surface area contributed by atoms with Crippen molar-refractivity contribution in [3.8, 4) is 17.2 Å². The number of hydrogen-bond acceptors (Lipinski definition) is 5. The van der Waals surface area contributed by atoms with E-state index in [4.69, 9.17) is 0 Å². The molecule has 0 atom stereocenters. The molecule has 4 aromatic rings. The lowest BCUT2D eigenvalue weighted by molar-refractivity contribution is 0.0615. The van der Waals surface area contributed by atoms with Gasteiger partial charge in [0.05, 0.1) is 30.2 Å². The first kappa shape index (κ1) is 18.8. The molecule has 7 heteroatoms. The number of hydrogen-bond donors (Lipinski definition) is 1. The van der Waals surface area contributed by atoms with Crippen molar-refractivity contribution in [2.45, 2.75) is 6.04 Å². The molecule has 31 heavy (non-hydrogen) atoms. The van der Waals surface area contributed by atoms with Gasteiger partial charge >= 0.3 is 0 Å². The van der Waals surface area contributed by atoms with Gasteiger partial charge in [0.25, 0.3) is 5.91 Å². The zero-order chi connectivity index (χ0) is 21.4. The summed E-state index contributed by atoms with van der Waals surface area (Å²) in [6.07, 6.45) is 6.86. The second-order valence-electron chi connectivity index (χ2n) is 7.75. The predicted octanol–water partition coefficient (Wildman–Crippen LogP) is 3.44. The van der Waals surface area contributed by atoms with Gasteiger partial charge in [0, 0.05) is 43.6 Å². The molecule has 0 aliphatic carbocycles. The molecule has 1 fully saturated rings. The van der Waals surface area contributed by atoms with Crippen LogP contribution in [0.4, 0.5) is 5.69 Å². The number of nitrogens with one attached hydrogen (secondary N) is 1. The van der Waals surface area contributed by atoms with E-state index < -0.39 is 0 Å². The van der Waals surface area contributed by atoms with Gasteiger partial charge in [0.1, 0.15) is 5.69 Å². The maximum absolute atomic E-state index is 12.6. The van der Waals surface area contributed by atoms with Crippen LogP contribution in [-0.4, -0.2) is 44.5 Å². The molecule has 5 rings (SSSR count). The number of pyridine rings is 1. The van der Waals surface area contributed by atoms with Crippen molar-refractivity contribution >= 4 is 22.4 Å². The molecule has 7 nitrogen and oxygen atoms in total. The first-order valence-corrected chi connectivity index (χ1v) is 10.0. The Morgan fingerprint density at radius 3 is 2.77 bits per heavy atom. The molecular formula is C24H20N6O. The number of anilines is 1. The van der Waals surface area contributed by atoms with Crippen LogP contribution in [0.5, 0.6) is 0 Å². The number of nitrogens with zero attached hydrogens (tertiary/aromatic N) is 5. The van der Waals surface area contributed by atoms with E-state index in [0.29, 0.717) is 24.3 Å². The summed E-state index contributed by atoms with van der Waals surface area (Å²) in [5, 5.41) is 14.9. The van der Waals surface area contributed by atoms with E-state index in [1.54, 1.807) is 29.4 Å². The van der Waals surface area contributed by atoms with Gasteiger partial charge in [-0.15, -0.1) is 0 Å². The number of aryl methyl sites for hydroxylation is 1. The lowest BCUT2D eigenvalue weighted by Gasteiger charge is -2.40. The number of fused-ring (bicyclic) bond motifs is 1. The van der Waals surface area contributed by atoms with Crippen LogP contribution < -0.4 is 5.32 Å². The average molecular weight is 408 g/mol. The van der Waals surface area contributed by atoms with Crippen molar-refractivity contribution in [2.24, 2.45) is 7.05 Å². The number of rotatable bonds is 4. The van der Waals surface area contributed by atoms with Gasteiger partial charge in [0.15, 0.2) is 0 Å². The maximum atomic E-state index is 12.6. The van der Waals surface area contributed by atoms with Gasteiger partial charge in [-0.2, -0.15) is 5.26 Å². The zero-order valence-electron chi connectivity index (χ0n) is 17.0. The van der Waals surface area contributed by atoms with Crippen molar-refractivity contribution in [1.82, 2.24) is 19.4 Å². The predicted molar refractivity (Wildman–Crippen MR) is 118 cm³/mol. The quantitative estimate of drug-likeness (QED) is 0.559. The SMILES string of the molecule is Cn1cncc1C(=O)N1CC(Nc2cc(-c3cccc(C#N)c3)cc3ccncc23)C1. The third-order valence-electron chi connectivity index (χ3n) is 5.65. The van der Waals surface area contributed by atoms with E-state index in [0.717, 1.165) is 27.6 Å². The summed E-state index contributed by atoms with van der Waals surface area (Å²) in [6, 6.07) is 16.1. The highest BCUT2D eigenvalue weighted by Crippen LogP contribution is 2.32. The lowest BCUT2D eigenvalue weighted by Crippen LogP contribution is -2.57. The molecule has 3 heterocycles. The standard InChI is InChI=1S/C24H20N6O/c1-29-15-27-12-23(29)24(31)30-13-20(14-30)28-22-9-19(8-18-5-6-26-11-21(18)22)17-4-2-3-16(7-17)10-25/h2-9,11-12,15,20,28H,13-14H2,1H3. The summed E-state index contributed by atoms with van der Waals surface area (Å²) in [5.74, 6) is -0.00774. The van der Waals surface area contributed by atoms with Crippen LogP contribution in [-0.2, 0) is 7.05 Å². The van der Waals surface area contributed by atoms with Crippen molar-refractivity contribution in [2.75, 3.05) is 18.4 Å². The smallest absolute Gasteiger partial charge is 0.272 e. The second-order valence-corrected chi connectivity index (χ2v) is 7.75. The number of carbonyl (C=O) groups excluding carboxylic acids is 1. The first-order chi connectivity index (χ1) is 15.1. The van der Waals surface area contributed by atoms with Gasteiger partial charge in [-0.05, 0) is 46.8 Å². The fourth-order valence-corrected chi connectivity index (χ4v) is 3.93. The lowest BCUT2D eigenvalue weighted by atomic mass is 9.98. The first-order valence-electron chi connectivity index (χ1n) is 10.0. The number of carbonyl (C=O) groups is 1. The van der Waals surface area contributed by atoms with Gasteiger partial charge < -0.3 is 14.8 Å². The fourth-order valence-electron chi connectivity index (χ4n) is 3.93. The van der Waals surface area contributed by atoms with E-state index in [1.807, 2.05) is 42.4 Å². The minimum absolute atomic E-state index is 0.00774. The van der Waals surface area contributed by atoms with Crippen LogP contribution >= 0.6 is 0 Å². The largest absolute Gasteiger partial charge is 0.378 e. The summed E-state index contributed by atoms with van der Waals surface area (Å²) in [5.41, 5.74) is 4.21. The van der Waals surface area contributed by atoms with Gasteiger partial charge in [-0.25, -0.2) is 4.98 Å². The number of imidazole rings is 1. The highest BCUT2D eigenvalue weighted by Gasteiger charge is 2.32. The fraction of sp³-hybridized carbons (Fsp3) is 0.167. The van der Waals surface area contributed by atoms with Crippen molar-refractivity contribution < 1.29 is 4.79 Å². The Bertz CT molecular complexity index is 1330. The molecule has 1 aliphatic rings. The Labute approximate surface area is 179 Å². The Balaban J connectivity index is 1.40. The molecule has 1 amide bonds. The van der Waals surface area contributed by atoms with Crippen LogP contribution in [0.3, 0.4) is 0 Å². The molecule has 2 aromatic heterocycles. The third-order valence-corrected chi connectivity index (χ3v) is 5.65. The van der Waals surface area contributed by atoms with Crippen molar-refractivity contribution in [3.05, 3.63) is 78.6 Å². The average Bonchev–Trinajstić information content (AvgIpc) is 3.21. The Morgan fingerprint density at radius 1 is 1.13 bits per heavy atom. The molecule has 0 unspecified atom stereocenters. The molecule has 0 saturated carbocycles. The van der Waals surface area contributed by atoms with E-state index in [9.17, 15) is 10.1 Å². The molecule has 0 bridgehead atoms. The van der Waals surface area contributed by atoms with Crippen molar-refractivity contribution in [1.29, 1.82) is 5.26 Å². The molecule has 152 valence electrons. The monoisotopic (exact) mass is 408 g/mol. The number of aromatic nitrogens is 3. The van der Waals surface area contributed by atoms with Crippen LogP contribution in [0.2, 0.25) is 0 Å². The van der Waals surface area contributed by atoms with E-state index in [2.05, 4.69) is 33.5 Å². The minimum atomic E-state index is -0.00774. The molecule has 1 N–H and O–H groups in total. The number of nitriles is 1. The molecule has 1 aliphatic heterocycles. The maximum Gasteiger partial charge on any atom is 0.272 e. The summed E-state index contributed by atoms with van der Waals surface area (Å²) in [6.45, 7) is 1.25. The molecule has 0 radical (unpaired) electrons. The Morgan fingerprint density at radius 2 is 2.00 bits per heavy atom. The number of likely N-dealkylation sites (tertiary alicyclic amines) is 1. The molecule has 0 spiro atoms. The second kappa shape index (κ2) is 7.58. The summed E-state index contributed by atoms with van der Waals surface area (Å²) in [4.78, 5) is 22.7. The minimum Gasteiger partial charge on any atom is -0.378 e. The third kappa shape index (κ3) is 3.49. The van der Waals surface area contributed by atoms with Crippen molar-refractivity contribution in [3.63, 3.8) is 0 Å². The Kier molecular flexibility index (Phi) is 4.60. The summed E-state index contributed by atoms with van der Waals surface area (Å²) >= 11 is 0. The topological polar surface area (TPSA) is 86.8 Å². The zero-order valence-corrected chi connectivity index (χ0v) is 17.0. The summed E-state index contributed by atoms with van der Waals surface area (Å²) < 4.78 is 1.74. The van der Waals surface area contributed by atoms with Crippen LogP contribution in [0, 0.1) is 11.3 Å². The summed E-state index contributed by atoms with van der Waals surface area (Å²) in [7, 11) is 1.82. The van der Waals surface area contributed by atoms with E-state index in [-0.39, 0.29) is 11.9 Å². The Hall–Kier alpha value is -4.18. The van der Waals surface area contributed by atoms with Gasteiger partial charge in [0.2, 0.25) is 0 Å². The molecule has 1 saturated heterocycles. The van der Waals surface area contributed by atoms with E-state index in [1.165, 1.54) is 0 Å². The van der Waals surface area contributed by atoms with Crippen LogP contribution in [0.25, 0.3) is 21.9 Å². The number of amides is 1. The van der Waals surface area contributed by atoms with Crippen LogP contribution in [0.15, 0.2) is 67.4 Å². The van der Waals surface area contributed by atoms with Gasteiger partial charge in [-0.1, -0.05) is 12.1 Å². The number of benzene rings is 2. The van der Waals surface area contributed by atoms with Crippen LogP contribution in [0.1, 0.15) is 16.1 Å². The highest BCUT2D eigenvalue weighted by atomic mass is 16.2. The molecule has 2 aromatic carbocycles. The van der Waals surface area contributed by atoms with Gasteiger partial charge in [-0.3, -0.25) is 9.78 Å². The molecular weight excluding hydrogens is 388 g/mol. The normalized spacial score (nSPS) is 13.6. The van der Waals surface area contributed by atoms with E-state index >= 15 is 0 Å².